The second-order valence-corrected chi connectivity index (χ2v) is 4.53. The molecule has 84 valence electrons. The van der Waals surface area contributed by atoms with Gasteiger partial charge in [-0.3, -0.25) is 4.79 Å². The van der Waals surface area contributed by atoms with Gasteiger partial charge in [0.15, 0.2) is 0 Å². The van der Waals surface area contributed by atoms with Crippen molar-refractivity contribution in [2.75, 3.05) is 6.61 Å². The van der Waals surface area contributed by atoms with Gasteiger partial charge in [0, 0.05) is 11.0 Å². The van der Waals surface area contributed by atoms with Crippen LogP contribution in [0.2, 0.25) is 0 Å². The van der Waals surface area contributed by atoms with E-state index in [1.165, 1.54) is 0 Å². The first kappa shape index (κ1) is 9.51. The Morgan fingerprint density at radius 2 is 2.31 bits per heavy atom. The highest BCUT2D eigenvalue weighted by atomic mass is 16.5. The normalized spacial score (nSPS) is 30.6. The fourth-order valence-electron chi connectivity index (χ4n) is 2.71. The Bertz CT molecular complexity index is 468. The van der Waals surface area contributed by atoms with E-state index in [0.717, 1.165) is 12.0 Å². The molecule has 3 rings (SSSR count). The molecule has 2 aliphatic rings. The molecule has 1 aliphatic heterocycles. The Hall–Kier alpha value is -1.71. The van der Waals surface area contributed by atoms with Crippen LogP contribution in [-0.4, -0.2) is 22.8 Å². The van der Waals surface area contributed by atoms with E-state index in [1.807, 2.05) is 0 Å². The van der Waals surface area contributed by atoms with Crippen LogP contribution in [0.4, 0.5) is 0 Å². The number of rotatable bonds is 1. The summed E-state index contributed by atoms with van der Waals surface area (Å²) < 4.78 is 5.48. The van der Waals surface area contributed by atoms with Gasteiger partial charge < -0.3 is 14.9 Å². The second-order valence-electron chi connectivity index (χ2n) is 4.53. The van der Waals surface area contributed by atoms with Crippen LogP contribution >= 0.6 is 0 Å². The molecular formula is C12H12O4. The number of hydrogen-bond donors (Lipinski definition) is 2. The molecule has 4 heteroatoms. The van der Waals surface area contributed by atoms with Crippen molar-refractivity contribution < 1.29 is 19.7 Å². The Morgan fingerprint density at radius 3 is 3.00 bits per heavy atom. The molecule has 1 aromatic rings. The average Bonchev–Trinajstić information content (AvgIpc) is 2.96. The van der Waals surface area contributed by atoms with E-state index in [9.17, 15) is 9.90 Å². The summed E-state index contributed by atoms with van der Waals surface area (Å²) in [5.41, 5.74) is 0.559. The molecule has 1 spiro atoms. The number of phenolic OH excluding ortho intramolecular Hbond substituents is 1. The van der Waals surface area contributed by atoms with Crippen molar-refractivity contribution in [3.05, 3.63) is 23.8 Å². The predicted molar refractivity (Wildman–Crippen MR) is 55.6 cm³/mol. The Morgan fingerprint density at radius 1 is 1.50 bits per heavy atom. The van der Waals surface area contributed by atoms with Crippen LogP contribution in [0.25, 0.3) is 0 Å². The van der Waals surface area contributed by atoms with Crippen LogP contribution < -0.4 is 4.74 Å². The van der Waals surface area contributed by atoms with Gasteiger partial charge in [-0.25, -0.2) is 0 Å². The van der Waals surface area contributed by atoms with Crippen LogP contribution in [-0.2, 0) is 10.2 Å². The van der Waals surface area contributed by atoms with Crippen molar-refractivity contribution in [2.24, 2.45) is 5.92 Å². The lowest BCUT2D eigenvalue weighted by Crippen LogP contribution is -2.24. The van der Waals surface area contributed by atoms with Crippen molar-refractivity contribution in [3.8, 4) is 11.5 Å². The maximum Gasteiger partial charge on any atom is 0.307 e. The molecule has 16 heavy (non-hydrogen) atoms. The van der Waals surface area contributed by atoms with Crippen molar-refractivity contribution in [3.63, 3.8) is 0 Å². The monoisotopic (exact) mass is 220 g/mol. The van der Waals surface area contributed by atoms with Gasteiger partial charge in [-0.1, -0.05) is 0 Å². The zero-order valence-electron chi connectivity index (χ0n) is 8.64. The highest BCUT2D eigenvalue weighted by Crippen LogP contribution is 2.61. The van der Waals surface area contributed by atoms with Crippen molar-refractivity contribution in [2.45, 2.75) is 18.3 Å². The third-order valence-electron chi connectivity index (χ3n) is 3.68. The Balaban J connectivity index is 2.07. The molecule has 1 saturated carbocycles. The Kier molecular flexibility index (Phi) is 1.73. The lowest BCUT2D eigenvalue weighted by atomic mass is 9.87. The van der Waals surface area contributed by atoms with E-state index < -0.39 is 5.97 Å². The summed E-state index contributed by atoms with van der Waals surface area (Å²) in [5.74, 6) is -0.194. The molecule has 0 aromatic heterocycles. The quantitative estimate of drug-likeness (QED) is 0.753. The molecule has 1 aromatic carbocycles. The summed E-state index contributed by atoms with van der Waals surface area (Å²) in [4.78, 5) is 11.0. The minimum atomic E-state index is -0.754. The van der Waals surface area contributed by atoms with Crippen LogP contribution in [0.3, 0.4) is 0 Å². The lowest BCUT2D eigenvalue weighted by molar-refractivity contribution is -0.139. The molecule has 0 radical (unpaired) electrons. The van der Waals surface area contributed by atoms with Gasteiger partial charge in [0.2, 0.25) is 0 Å². The van der Waals surface area contributed by atoms with Crippen LogP contribution in [0.5, 0.6) is 11.5 Å². The molecule has 2 N–H and O–H groups in total. The number of hydrogen-bond acceptors (Lipinski definition) is 3. The molecule has 2 unspecified atom stereocenters. The number of benzene rings is 1. The topological polar surface area (TPSA) is 66.8 Å². The number of aliphatic carboxylic acids is 1. The fourth-order valence-corrected chi connectivity index (χ4v) is 2.71. The maximum absolute atomic E-state index is 11.0. The molecular weight excluding hydrogens is 208 g/mol. The number of carboxylic acids is 1. The summed E-state index contributed by atoms with van der Waals surface area (Å²) in [6.07, 6.45) is 1.38. The largest absolute Gasteiger partial charge is 0.508 e. The van der Waals surface area contributed by atoms with E-state index in [-0.39, 0.29) is 17.1 Å². The molecule has 1 fully saturated rings. The summed E-state index contributed by atoms with van der Waals surface area (Å²) >= 11 is 0. The molecule has 0 amide bonds. The SMILES string of the molecule is O=C(O)C1CC12CCOc1ccc(O)cc12. The molecule has 2 atom stereocenters. The smallest absolute Gasteiger partial charge is 0.307 e. The van der Waals surface area contributed by atoms with Gasteiger partial charge in [-0.15, -0.1) is 0 Å². The minimum absolute atomic E-state index is 0.166. The van der Waals surface area contributed by atoms with Crippen molar-refractivity contribution >= 4 is 5.97 Å². The summed E-state index contributed by atoms with van der Waals surface area (Å²) in [6.45, 7) is 0.557. The summed E-state index contributed by atoms with van der Waals surface area (Å²) in [5, 5.41) is 18.5. The molecule has 1 aliphatic carbocycles. The number of ether oxygens (including phenoxy) is 1. The zero-order valence-corrected chi connectivity index (χ0v) is 8.64. The van der Waals surface area contributed by atoms with Crippen LogP contribution in [0.15, 0.2) is 18.2 Å². The van der Waals surface area contributed by atoms with Crippen molar-refractivity contribution in [1.29, 1.82) is 0 Å². The van der Waals surface area contributed by atoms with Crippen LogP contribution in [0, 0.1) is 5.92 Å². The molecule has 0 bridgehead atoms. The predicted octanol–water partition coefficient (Wildman–Crippen LogP) is 1.52. The van der Waals surface area contributed by atoms with Gasteiger partial charge >= 0.3 is 5.97 Å². The number of phenols is 1. The standard InChI is InChI=1S/C12H12O4/c13-7-1-2-10-8(5-7)12(3-4-16-10)6-9(12)11(14)15/h1-2,5,9,13H,3-4,6H2,(H,14,15). The number of carboxylic acid groups (broad SMARTS) is 1. The summed E-state index contributed by atoms with van der Waals surface area (Å²) in [6, 6.07) is 4.91. The lowest BCUT2D eigenvalue weighted by Gasteiger charge is -2.26. The van der Waals surface area contributed by atoms with E-state index in [4.69, 9.17) is 9.84 Å². The molecule has 1 heterocycles. The van der Waals surface area contributed by atoms with E-state index in [1.54, 1.807) is 18.2 Å². The van der Waals surface area contributed by atoms with Crippen molar-refractivity contribution in [1.82, 2.24) is 0 Å². The highest BCUT2D eigenvalue weighted by Gasteiger charge is 2.61. The van der Waals surface area contributed by atoms with E-state index in [0.29, 0.717) is 18.8 Å². The average molecular weight is 220 g/mol. The van der Waals surface area contributed by atoms with E-state index >= 15 is 0 Å². The van der Waals surface area contributed by atoms with Gasteiger partial charge in [0.25, 0.3) is 0 Å². The zero-order chi connectivity index (χ0) is 11.3. The van der Waals surface area contributed by atoms with Gasteiger partial charge in [0.05, 0.1) is 12.5 Å². The number of carbonyl (C=O) groups is 1. The highest BCUT2D eigenvalue weighted by molar-refractivity contribution is 5.78. The molecule has 4 nitrogen and oxygen atoms in total. The fraction of sp³-hybridized carbons (Fsp3) is 0.417. The van der Waals surface area contributed by atoms with Gasteiger partial charge in [0.1, 0.15) is 11.5 Å². The first-order chi connectivity index (χ1) is 7.63. The summed E-state index contributed by atoms with van der Waals surface area (Å²) in [7, 11) is 0. The Labute approximate surface area is 92.5 Å². The molecule has 0 saturated heterocycles. The number of fused-ring (bicyclic) bond motifs is 2. The first-order valence-electron chi connectivity index (χ1n) is 5.32. The van der Waals surface area contributed by atoms with E-state index in [2.05, 4.69) is 0 Å². The van der Waals surface area contributed by atoms with Crippen LogP contribution in [0.1, 0.15) is 18.4 Å². The minimum Gasteiger partial charge on any atom is -0.508 e. The third-order valence-corrected chi connectivity index (χ3v) is 3.68. The van der Waals surface area contributed by atoms with Gasteiger partial charge in [-0.05, 0) is 31.0 Å². The second kappa shape index (κ2) is 2.90. The number of aromatic hydroxyl groups is 1. The van der Waals surface area contributed by atoms with Gasteiger partial charge in [-0.2, -0.15) is 0 Å². The third kappa shape index (κ3) is 1.13. The maximum atomic E-state index is 11.0. The first-order valence-corrected chi connectivity index (χ1v) is 5.32.